The van der Waals surface area contributed by atoms with Gasteiger partial charge in [0.2, 0.25) is 0 Å². The van der Waals surface area contributed by atoms with Crippen LogP contribution in [0.1, 0.15) is 16.7 Å². The molecule has 0 aliphatic heterocycles. The summed E-state index contributed by atoms with van der Waals surface area (Å²) in [6, 6.07) is 25.9. The van der Waals surface area contributed by atoms with Crippen LogP contribution in [0.2, 0.25) is 0 Å². The molecule has 0 saturated heterocycles. The van der Waals surface area contributed by atoms with E-state index in [1.807, 2.05) is 78.9 Å². The molecule has 118 valence electrons. The second kappa shape index (κ2) is 6.83. The Bertz CT molecular complexity index is 761. The SMILES string of the molecule is [B]C(c1ccccc1)(c1ccccc1)c1cccc(OC)c1OC. The molecule has 0 aromatic heterocycles. The number of rotatable bonds is 5. The van der Waals surface area contributed by atoms with Crippen LogP contribution < -0.4 is 9.47 Å². The first-order chi connectivity index (χ1) is 11.7. The van der Waals surface area contributed by atoms with Crippen LogP contribution in [0.15, 0.2) is 78.9 Å². The summed E-state index contributed by atoms with van der Waals surface area (Å²) in [6.07, 6.45) is 0. The van der Waals surface area contributed by atoms with E-state index >= 15 is 0 Å². The second-order valence-electron chi connectivity index (χ2n) is 5.58. The molecule has 24 heavy (non-hydrogen) atoms. The molecule has 3 aromatic rings. The second-order valence-corrected chi connectivity index (χ2v) is 5.58. The van der Waals surface area contributed by atoms with Crippen molar-refractivity contribution in [1.29, 1.82) is 0 Å². The number of ether oxygens (including phenoxy) is 2. The summed E-state index contributed by atoms with van der Waals surface area (Å²) in [6.45, 7) is 0. The molecule has 0 unspecified atom stereocenters. The van der Waals surface area contributed by atoms with E-state index in [0.29, 0.717) is 11.5 Å². The molecule has 0 atom stereocenters. The number of benzene rings is 3. The lowest BCUT2D eigenvalue weighted by Crippen LogP contribution is -2.30. The van der Waals surface area contributed by atoms with E-state index in [9.17, 15) is 0 Å². The van der Waals surface area contributed by atoms with Crippen LogP contribution in [0.3, 0.4) is 0 Å². The molecule has 3 rings (SSSR count). The molecule has 0 fully saturated rings. The molecule has 0 aliphatic carbocycles. The summed E-state index contributed by atoms with van der Waals surface area (Å²) in [7, 11) is 10.3. The van der Waals surface area contributed by atoms with E-state index in [-0.39, 0.29) is 0 Å². The van der Waals surface area contributed by atoms with Gasteiger partial charge in [0.25, 0.3) is 0 Å². The fraction of sp³-hybridized carbons (Fsp3) is 0.143. The first-order valence-corrected chi connectivity index (χ1v) is 7.83. The third-order valence-electron chi connectivity index (χ3n) is 4.29. The van der Waals surface area contributed by atoms with Crippen LogP contribution in [0.4, 0.5) is 0 Å². The molecule has 0 bridgehead atoms. The zero-order valence-corrected chi connectivity index (χ0v) is 13.9. The van der Waals surface area contributed by atoms with E-state index in [0.717, 1.165) is 16.7 Å². The molecule has 0 amide bonds. The monoisotopic (exact) mass is 314 g/mol. The van der Waals surface area contributed by atoms with Gasteiger partial charge < -0.3 is 9.47 Å². The number of para-hydroxylation sites is 1. The summed E-state index contributed by atoms with van der Waals surface area (Å²) >= 11 is 0. The van der Waals surface area contributed by atoms with Gasteiger partial charge in [0.15, 0.2) is 11.5 Å². The molecular weight excluding hydrogens is 295 g/mol. The molecule has 0 aliphatic rings. The average Bonchev–Trinajstić information content (AvgIpc) is 2.68. The van der Waals surface area contributed by atoms with Gasteiger partial charge in [-0.1, -0.05) is 72.8 Å². The average molecular weight is 314 g/mol. The Morgan fingerprint density at radius 3 is 1.67 bits per heavy atom. The predicted octanol–water partition coefficient (Wildman–Crippen LogP) is 4.16. The minimum atomic E-state index is -0.845. The highest BCUT2D eigenvalue weighted by Crippen LogP contribution is 2.44. The molecule has 0 saturated carbocycles. The van der Waals surface area contributed by atoms with E-state index in [2.05, 4.69) is 0 Å². The van der Waals surface area contributed by atoms with Gasteiger partial charge >= 0.3 is 0 Å². The van der Waals surface area contributed by atoms with Crippen molar-refractivity contribution in [2.75, 3.05) is 14.2 Å². The normalized spacial score (nSPS) is 11.1. The van der Waals surface area contributed by atoms with Gasteiger partial charge in [-0.25, -0.2) is 0 Å². The van der Waals surface area contributed by atoms with Gasteiger partial charge in [-0.15, -0.1) is 0 Å². The van der Waals surface area contributed by atoms with Crippen LogP contribution in [0.5, 0.6) is 11.5 Å². The molecule has 2 nitrogen and oxygen atoms in total. The fourth-order valence-corrected chi connectivity index (χ4v) is 3.08. The zero-order chi connectivity index (χ0) is 17.0. The molecule has 3 aromatic carbocycles. The van der Waals surface area contributed by atoms with Crippen LogP contribution in [-0.2, 0) is 5.31 Å². The molecular formula is C21H19BO2. The Morgan fingerprint density at radius 1 is 0.667 bits per heavy atom. The standard InChI is InChI=1S/C21H19BO2/c1-23-19-15-9-14-18(20(19)24-2)21(22,16-10-5-3-6-11-16)17-12-7-4-8-13-17/h3-15H,1-2H3. The Balaban J connectivity index is 2.32. The lowest BCUT2D eigenvalue weighted by atomic mass is 9.56. The van der Waals surface area contributed by atoms with Gasteiger partial charge in [-0.05, 0) is 17.2 Å². The van der Waals surface area contributed by atoms with Crippen LogP contribution in [0, 0.1) is 0 Å². The highest BCUT2D eigenvalue weighted by atomic mass is 16.5. The Kier molecular flexibility index (Phi) is 4.61. The molecule has 0 spiro atoms. The van der Waals surface area contributed by atoms with Crippen LogP contribution in [0.25, 0.3) is 0 Å². The lowest BCUT2D eigenvalue weighted by molar-refractivity contribution is 0.350. The third kappa shape index (κ3) is 2.67. The minimum Gasteiger partial charge on any atom is -0.493 e. The summed E-state index contributed by atoms with van der Waals surface area (Å²) < 4.78 is 11.1. The Morgan fingerprint density at radius 2 is 1.21 bits per heavy atom. The van der Waals surface area contributed by atoms with Gasteiger partial charge in [-0.3, -0.25) is 0 Å². The molecule has 0 heterocycles. The quantitative estimate of drug-likeness (QED) is 0.520. The summed E-state index contributed by atoms with van der Waals surface area (Å²) in [5.74, 6) is 1.31. The van der Waals surface area contributed by atoms with Gasteiger partial charge in [0, 0.05) is 10.9 Å². The molecule has 3 heteroatoms. The number of hydrogen-bond donors (Lipinski definition) is 0. The topological polar surface area (TPSA) is 18.5 Å². The summed E-state index contributed by atoms with van der Waals surface area (Å²) in [5.41, 5.74) is 2.84. The van der Waals surface area contributed by atoms with E-state index in [1.54, 1.807) is 14.2 Å². The lowest BCUT2D eigenvalue weighted by Gasteiger charge is -2.34. The van der Waals surface area contributed by atoms with Gasteiger partial charge in [-0.2, -0.15) is 0 Å². The number of methoxy groups -OCH3 is 2. The largest absolute Gasteiger partial charge is 0.493 e. The maximum Gasteiger partial charge on any atom is 0.164 e. The third-order valence-corrected chi connectivity index (χ3v) is 4.29. The Labute approximate surface area is 144 Å². The maximum atomic E-state index is 7.03. The van der Waals surface area contributed by atoms with Crippen molar-refractivity contribution in [3.63, 3.8) is 0 Å². The first kappa shape index (κ1) is 16.2. The van der Waals surface area contributed by atoms with Crippen LogP contribution >= 0.6 is 0 Å². The highest BCUT2D eigenvalue weighted by molar-refractivity contribution is 6.21. The van der Waals surface area contributed by atoms with Gasteiger partial charge in [0.05, 0.1) is 22.1 Å². The van der Waals surface area contributed by atoms with E-state index < -0.39 is 5.31 Å². The van der Waals surface area contributed by atoms with E-state index in [1.165, 1.54) is 0 Å². The predicted molar refractivity (Wildman–Crippen MR) is 98.1 cm³/mol. The first-order valence-electron chi connectivity index (χ1n) is 7.83. The van der Waals surface area contributed by atoms with Crippen molar-refractivity contribution in [2.45, 2.75) is 5.31 Å². The fourth-order valence-electron chi connectivity index (χ4n) is 3.08. The van der Waals surface area contributed by atoms with E-state index in [4.69, 9.17) is 17.3 Å². The zero-order valence-electron chi connectivity index (χ0n) is 13.9. The molecule has 0 N–H and O–H groups in total. The summed E-state index contributed by atoms with van der Waals surface area (Å²) in [4.78, 5) is 0. The molecule has 2 radical (unpaired) electrons. The van der Waals surface area contributed by atoms with Crippen molar-refractivity contribution in [2.24, 2.45) is 0 Å². The van der Waals surface area contributed by atoms with Crippen molar-refractivity contribution in [3.05, 3.63) is 95.6 Å². The minimum absolute atomic E-state index is 0.648. The van der Waals surface area contributed by atoms with Crippen LogP contribution in [-0.4, -0.2) is 22.1 Å². The van der Waals surface area contributed by atoms with Crippen molar-refractivity contribution < 1.29 is 9.47 Å². The smallest absolute Gasteiger partial charge is 0.164 e. The van der Waals surface area contributed by atoms with Crippen molar-refractivity contribution >= 4 is 7.85 Å². The maximum absolute atomic E-state index is 7.03. The van der Waals surface area contributed by atoms with Gasteiger partial charge in [0.1, 0.15) is 0 Å². The number of hydrogen-bond acceptors (Lipinski definition) is 2. The van der Waals surface area contributed by atoms with Crippen molar-refractivity contribution in [3.8, 4) is 11.5 Å². The highest BCUT2D eigenvalue weighted by Gasteiger charge is 2.34. The Hall–Kier alpha value is -2.68. The van der Waals surface area contributed by atoms with Crippen molar-refractivity contribution in [1.82, 2.24) is 0 Å². The summed E-state index contributed by atoms with van der Waals surface area (Å²) in [5, 5.41) is -0.845.